The first-order chi connectivity index (χ1) is 9.33. The third-order valence-electron chi connectivity index (χ3n) is 3.50. The van der Waals surface area contributed by atoms with Gasteiger partial charge in [0.2, 0.25) is 0 Å². The molecular weight excluding hydrogens is 238 g/mol. The van der Waals surface area contributed by atoms with Crippen molar-refractivity contribution in [3.05, 3.63) is 35.5 Å². The van der Waals surface area contributed by atoms with Crippen LogP contribution in [0, 0.1) is 6.92 Å². The molecule has 19 heavy (non-hydrogen) atoms. The van der Waals surface area contributed by atoms with Crippen molar-refractivity contribution < 1.29 is 0 Å². The second-order valence-electron chi connectivity index (χ2n) is 5.01. The highest BCUT2D eigenvalue weighted by atomic mass is 15.3. The van der Waals surface area contributed by atoms with E-state index in [4.69, 9.17) is 0 Å². The molecule has 0 bridgehead atoms. The lowest BCUT2D eigenvalue weighted by molar-refractivity contribution is 0.609. The summed E-state index contributed by atoms with van der Waals surface area (Å²) in [5, 5.41) is 11.9. The van der Waals surface area contributed by atoms with Crippen LogP contribution < -0.4 is 5.32 Å². The Hall–Kier alpha value is -1.91. The van der Waals surface area contributed by atoms with Crippen molar-refractivity contribution in [1.29, 1.82) is 0 Å². The molecule has 0 unspecified atom stereocenters. The van der Waals surface area contributed by atoms with Crippen molar-refractivity contribution in [3.8, 4) is 0 Å². The van der Waals surface area contributed by atoms with Gasteiger partial charge in [0, 0.05) is 18.7 Å². The first kappa shape index (κ1) is 12.1. The molecule has 0 atom stereocenters. The predicted molar refractivity (Wildman–Crippen MR) is 73.9 cm³/mol. The van der Waals surface area contributed by atoms with Crippen LogP contribution in [0.25, 0.3) is 0 Å². The third kappa shape index (κ3) is 2.75. The highest BCUT2D eigenvalue weighted by molar-refractivity contribution is 5.35. The number of nitrogens with one attached hydrogen (secondary N) is 1. The number of fused-ring (bicyclic) bond motifs is 1. The number of rotatable bonds is 3. The number of anilines is 1. The molecule has 0 spiro atoms. The first-order valence-electron chi connectivity index (χ1n) is 6.91. The minimum absolute atomic E-state index is 0.684. The van der Waals surface area contributed by atoms with Crippen molar-refractivity contribution >= 4 is 5.82 Å². The van der Waals surface area contributed by atoms with Gasteiger partial charge >= 0.3 is 0 Å². The Morgan fingerprint density at radius 1 is 1.21 bits per heavy atom. The zero-order valence-electron chi connectivity index (χ0n) is 11.3. The molecule has 5 nitrogen and oxygen atoms in total. The number of aryl methyl sites for hydroxylation is 2. The fourth-order valence-corrected chi connectivity index (χ4v) is 2.49. The van der Waals surface area contributed by atoms with Crippen LogP contribution in [0.15, 0.2) is 18.2 Å². The van der Waals surface area contributed by atoms with Gasteiger partial charge in [-0.2, -0.15) is 0 Å². The predicted octanol–water partition coefficient (Wildman–Crippen LogP) is 2.32. The smallest absolute Gasteiger partial charge is 0.152 e. The molecule has 0 radical (unpaired) electrons. The van der Waals surface area contributed by atoms with Crippen LogP contribution in [0.1, 0.15) is 36.6 Å². The molecule has 0 fully saturated rings. The van der Waals surface area contributed by atoms with E-state index in [1.807, 2.05) is 25.1 Å². The summed E-state index contributed by atoms with van der Waals surface area (Å²) in [4.78, 5) is 4.43. The second-order valence-corrected chi connectivity index (χ2v) is 5.01. The van der Waals surface area contributed by atoms with Crippen LogP contribution >= 0.6 is 0 Å². The van der Waals surface area contributed by atoms with Gasteiger partial charge in [-0.15, -0.1) is 10.2 Å². The van der Waals surface area contributed by atoms with Gasteiger partial charge < -0.3 is 9.88 Å². The molecule has 0 aliphatic carbocycles. The lowest BCUT2D eigenvalue weighted by atomic mass is 10.2. The Balaban J connectivity index is 1.72. The zero-order valence-corrected chi connectivity index (χ0v) is 11.3. The van der Waals surface area contributed by atoms with E-state index in [-0.39, 0.29) is 0 Å². The lowest BCUT2D eigenvalue weighted by Crippen LogP contribution is -2.11. The molecule has 0 saturated carbocycles. The van der Waals surface area contributed by atoms with Crippen molar-refractivity contribution in [2.75, 3.05) is 5.32 Å². The molecule has 1 aliphatic heterocycles. The number of hydrogen-bond donors (Lipinski definition) is 1. The Morgan fingerprint density at radius 3 is 3.05 bits per heavy atom. The molecule has 100 valence electrons. The van der Waals surface area contributed by atoms with Crippen molar-refractivity contribution in [1.82, 2.24) is 19.7 Å². The molecule has 2 aromatic rings. The van der Waals surface area contributed by atoms with Gasteiger partial charge in [0.1, 0.15) is 11.6 Å². The summed E-state index contributed by atoms with van der Waals surface area (Å²) in [6.45, 7) is 3.72. The van der Waals surface area contributed by atoms with Crippen LogP contribution in [-0.2, 0) is 19.5 Å². The van der Waals surface area contributed by atoms with Gasteiger partial charge in [0.25, 0.3) is 0 Å². The van der Waals surface area contributed by atoms with E-state index in [2.05, 4.69) is 25.1 Å². The maximum atomic E-state index is 4.43. The van der Waals surface area contributed by atoms with E-state index >= 15 is 0 Å². The van der Waals surface area contributed by atoms with Gasteiger partial charge in [-0.25, -0.2) is 4.98 Å². The average Bonchev–Trinajstić information content (AvgIpc) is 2.64. The average molecular weight is 257 g/mol. The van der Waals surface area contributed by atoms with Crippen molar-refractivity contribution in [2.45, 2.75) is 45.7 Å². The molecule has 1 aliphatic rings. The summed E-state index contributed by atoms with van der Waals surface area (Å²) in [7, 11) is 0. The standard InChI is InChI=1S/C14H19N5/c1-11-6-5-7-12(16-11)15-10-14-18-17-13-8-3-2-4-9-19(13)14/h5-7H,2-4,8-10H2,1H3,(H,15,16). The quantitative estimate of drug-likeness (QED) is 0.916. The molecule has 0 amide bonds. The zero-order chi connectivity index (χ0) is 13.1. The minimum Gasteiger partial charge on any atom is -0.363 e. The third-order valence-corrected chi connectivity index (χ3v) is 3.50. The number of hydrogen-bond acceptors (Lipinski definition) is 4. The molecular formula is C14H19N5. The Kier molecular flexibility index (Phi) is 3.44. The van der Waals surface area contributed by atoms with Crippen molar-refractivity contribution in [2.24, 2.45) is 0 Å². The largest absolute Gasteiger partial charge is 0.363 e. The summed E-state index contributed by atoms with van der Waals surface area (Å²) in [6.07, 6.45) is 4.79. The first-order valence-corrected chi connectivity index (χ1v) is 6.91. The summed E-state index contributed by atoms with van der Waals surface area (Å²) in [5.74, 6) is 3.04. The second kappa shape index (κ2) is 5.38. The highest BCUT2D eigenvalue weighted by Gasteiger charge is 2.14. The van der Waals surface area contributed by atoms with Crippen molar-refractivity contribution in [3.63, 3.8) is 0 Å². The van der Waals surface area contributed by atoms with Gasteiger partial charge in [-0.1, -0.05) is 12.5 Å². The van der Waals surface area contributed by atoms with Crippen LogP contribution in [0.3, 0.4) is 0 Å². The summed E-state index contributed by atoms with van der Waals surface area (Å²) >= 11 is 0. The van der Waals surface area contributed by atoms with Gasteiger partial charge in [-0.3, -0.25) is 0 Å². The maximum absolute atomic E-state index is 4.43. The normalized spacial score (nSPS) is 14.8. The molecule has 0 saturated heterocycles. The van der Waals surface area contributed by atoms with E-state index in [0.717, 1.165) is 36.1 Å². The Bertz CT molecular complexity index is 561. The van der Waals surface area contributed by atoms with Crippen LogP contribution in [0.2, 0.25) is 0 Å². The van der Waals surface area contributed by atoms with Gasteiger partial charge in [-0.05, 0) is 31.9 Å². The number of nitrogens with zero attached hydrogens (tertiary/aromatic N) is 4. The SMILES string of the molecule is Cc1cccc(NCc2nnc3n2CCCCC3)n1. The monoisotopic (exact) mass is 257 g/mol. The Morgan fingerprint density at radius 2 is 2.16 bits per heavy atom. The highest BCUT2D eigenvalue weighted by Crippen LogP contribution is 2.15. The summed E-state index contributed by atoms with van der Waals surface area (Å²) in [5.41, 5.74) is 1.02. The fourth-order valence-electron chi connectivity index (χ4n) is 2.49. The molecule has 0 aromatic carbocycles. The number of pyridine rings is 1. The topological polar surface area (TPSA) is 55.6 Å². The number of aromatic nitrogens is 4. The molecule has 5 heteroatoms. The maximum Gasteiger partial charge on any atom is 0.152 e. The molecule has 1 N–H and O–H groups in total. The Labute approximate surface area is 113 Å². The minimum atomic E-state index is 0.684. The van der Waals surface area contributed by atoms with E-state index in [1.165, 1.54) is 19.3 Å². The van der Waals surface area contributed by atoms with E-state index in [1.54, 1.807) is 0 Å². The van der Waals surface area contributed by atoms with Crippen LogP contribution in [-0.4, -0.2) is 19.7 Å². The summed E-state index contributed by atoms with van der Waals surface area (Å²) in [6, 6.07) is 5.98. The van der Waals surface area contributed by atoms with Crippen LogP contribution in [0.5, 0.6) is 0 Å². The van der Waals surface area contributed by atoms with E-state index < -0.39 is 0 Å². The summed E-state index contributed by atoms with van der Waals surface area (Å²) < 4.78 is 2.26. The molecule has 3 heterocycles. The van der Waals surface area contributed by atoms with Gasteiger partial charge in [0.15, 0.2) is 5.82 Å². The lowest BCUT2D eigenvalue weighted by Gasteiger charge is -2.08. The van der Waals surface area contributed by atoms with E-state index in [0.29, 0.717) is 6.54 Å². The molecule has 2 aromatic heterocycles. The molecule has 3 rings (SSSR count). The fraction of sp³-hybridized carbons (Fsp3) is 0.500. The van der Waals surface area contributed by atoms with Gasteiger partial charge in [0.05, 0.1) is 6.54 Å². The van der Waals surface area contributed by atoms with E-state index in [9.17, 15) is 0 Å². The van der Waals surface area contributed by atoms with Crippen LogP contribution in [0.4, 0.5) is 5.82 Å².